The maximum Gasteiger partial charge on any atom is 0.408 e. The molecule has 1 N–H and O–H groups in total. The lowest BCUT2D eigenvalue weighted by Crippen LogP contribution is -2.36. The fraction of sp³-hybridized carbons (Fsp3) is 0.667. The van der Waals surface area contributed by atoms with Crippen LogP contribution in [0.3, 0.4) is 0 Å². The van der Waals surface area contributed by atoms with E-state index in [-0.39, 0.29) is 6.54 Å². The van der Waals surface area contributed by atoms with Gasteiger partial charge >= 0.3 is 12.1 Å². The molecule has 5 nitrogen and oxygen atoms in total. The zero-order valence-electron chi connectivity index (χ0n) is 14.9. The second-order valence-corrected chi connectivity index (χ2v) is 6.05. The molecule has 0 bridgehead atoms. The molecule has 0 spiro atoms. The molecule has 0 fully saturated rings. The highest BCUT2D eigenvalue weighted by Crippen LogP contribution is 2.06. The third kappa shape index (κ3) is 13.4. The van der Waals surface area contributed by atoms with Crippen LogP contribution in [-0.4, -0.2) is 30.3 Å². The second kappa shape index (κ2) is 11.6. The molecule has 130 valence electrons. The monoisotopic (exact) mass is 323 g/mol. The molecule has 0 radical (unpaired) electrons. The number of hydrogen-bond donors (Lipinski definition) is 1. The average molecular weight is 323 g/mol. The van der Waals surface area contributed by atoms with Gasteiger partial charge in [0.1, 0.15) is 12.1 Å². The van der Waals surface area contributed by atoms with Gasteiger partial charge in [0, 0.05) is 6.42 Å². The number of rotatable bonds is 7. The van der Waals surface area contributed by atoms with Crippen LogP contribution in [0.25, 0.3) is 0 Å². The molecule has 0 saturated heterocycles. The molecule has 1 amide bonds. The van der Waals surface area contributed by atoms with Crippen molar-refractivity contribution in [1.82, 2.24) is 5.32 Å². The molecule has 0 aliphatic heterocycles. The third-order valence-corrected chi connectivity index (χ3v) is 2.42. The van der Waals surface area contributed by atoms with Gasteiger partial charge in [0.25, 0.3) is 0 Å². The number of ether oxygens (including phenoxy) is 2. The van der Waals surface area contributed by atoms with E-state index in [1.807, 2.05) is 13.0 Å². The van der Waals surface area contributed by atoms with Crippen molar-refractivity contribution < 1.29 is 19.1 Å². The number of carbonyl (C=O) groups is 2. The molecule has 1 atom stereocenters. The largest absolute Gasteiger partial charge is 0.444 e. The maximum atomic E-state index is 11.8. The van der Waals surface area contributed by atoms with Gasteiger partial charge in [0.15, 0.2) is 6.10 Å². The van der Waals surface area contributed by atoms with E-state index in [4.69, 9.17) is 9.47 Å². The lowest BCUT2D eigenvalue weighted by atomic mass is 10.2. The van der Waals surface area contributed by atoms with Gasteiger partial charge in [0.2, 0.25) is 0 Å². The summed E-state index contributed by atoms with van der Waals surface area (Å²) in [6.07, 6.45) is 6.11. The molecule has 0 aromatic heterocycles. The van der Waals surface area contributed by atoms with Crippen LogP contribution >= 0.6 is 0 Å². The number of nitrogens with one attached hydrogen (secondary N) is 1. The number of allylic oxidation sites excluding steroid dienone is 1. The number of hydrogen-bond acceptors (Lipinski definition) is 4. The van der Waals surface area contributed by atoms with Crippen molar-refractivity contribution in [3.63, 3.8) is 0 Å². The number of alkyl carbamates (subject to hydrolysis) is 1. The van der Waals surface area contributed by atoms with Crippen molar-refractivity contribution in [1.29, 1.82) is 0 Å². The van der Waals surface area contributed by atoms with Gasteiger partial charge in [0.05, 0.1) is 0 Å². The molecule has 0 aliphatic carbocycles. The zero-order chi connectivity index (χ0) is 17.7. The standard InChI is InChI=1S/C18H29NO4/c1-6-8-10-12-15(13-11-9-7-2)22-16(20)14-19-17(21)23-18(3,4)5/h10,12,15H,6-9,14H2,1-5H3,(H,19,21)/b12-10+. The Labute approximate surface area is 139 Å². The molecule has 0 saturated carbocycles. The average Bonchev–Trinajstić information content (AvgIpc) is 2.43. The summed E-state index contributed by atoms with van der Waals surface area (Å²) in [6.45, 7) is 9.11. The van der Waals surface area contributed by atoms with Crippen molar-refractivity contribution in [3.8, 4) is 11.8 Å². The minimum Gasteiger partial charge on any atom is -0.444 e. The molecule has 0 rings (SSSR count). The van der Waals surface area contributed by atoms with Gasteiger partial charge in [-0.2, -0.15) is 0 Å². The van der Waals surface area contributed by atoms with E-state index < -0.39 is 23.8 Å². The molecular weight excluding hydrogens is 294 g/mol. The Hall–Kier alpha value is -1.96. The Morgan fingerprint density at radius 2 is 1.91 bits per heavy atom. The van der Waals surface area contributed by atoms with Crippen LogP contribution in [0.4, 0.5) is 4.79 Å². The summed E-state index contributed by atoms with van der Waals surface area (Å²) in [5.74, 6) is 5.34. The van der Waals surface area contributed by atoms with Crippen LogP contribution in [0.15, 0.2) is 12.2 Å². The van der Waals surface area contributed by atoms with Gasteiger partial charge in [-0.3, -0.25) is 4.79 Å². The summed E-state index contributed by atoms with van der Waals surface area (Å²) in [6, 6.07) is 0. The highest BCUT2D eigenvalue weighted by molar-refractivity contribution is 5.78. The van der Waals surface area contributed by atoms with E-state index in [0.717, 1.165) is 25.7 Å². The summed E-state index contributed by atoms with van der Waals surface area (Å²) >= 11 is 0. The van der Waals surface area contributed by atoms with Crippen molar-refractivity contribution in [2.45, 2.75) is 72.0 Å². The first-order valence-corrected chi connectivity index (χ1v) is 8.09. The highest BCUT2D eigenvalue weighted by Gasteiger charge is 2.17. The van der Waals surface area contributed by atoms with Gasteiger partial charge in [-0.1, -0.05) is 38.2 Å². The predicted octanol–water partition coefficient (Wildman–Crippen LogP) is 3.58. The zero-order valence-corrected chi connectivity index (χ0v) is 14.9. The molecule has 5 heteroatoms. The summed E-state index contributed by atoms with van der Waals surface area (Å²) < 4.78 is 10.3. The minimum absolute atomic E-state index is 0.248. The fourth-order valence-corrected chi connectivity index (χ4v) is 1.44. The predicted molar refractivity (Wildman–Crippen MR) is 90.8 cm³/mol. The van der Waals surface area contributed by atoms with E-state index in [2.05, 4.69) is 24.1 Å². The molecule has 1 unspecified atom stereocenters. The van der Waals surface area contributed by atoms with E-state index in [1.165, 1.54) is 0 Å². The van der Waals surface area contributed by atoms with E-state index in [9.17, 15) is 9.59 Å². The quantitative estimate of drug-likeness (QED) is 0.442. The van der Waals surface area contributed by atoms with Gasteiger partial charge in [-0.25, -0.2) is 4.79 Å². The smallest absolute Gasteiger partial charge is 0.408 e. The topological polar surface area (TPSA) is 64.6 Å². The molecular formula is C18H29NO4. The first kappa shape index (κ1) is 21.0. The van der Waals surface area contributed by atoms with Crippen LogP contribution in [0.5, 0.6) is 0 Å². The minimum atomic E-state index is -0.649. The number of amides is 1. The van der Waals surface area contributed by atoms with E-state index in [1.54, 1.807) is 26.8 Å². The number of unbranched alkanes of at least 4 members (excludes halogenated alkanes) is 2. The Bertz CT molecular complexity index is 452. The van der Waals surface area contributed by atoms with Crippen LogP contribution in [0.1, 0.15) is 60.3 Å². The normalized spacial score (nSPS) is 12.2. The summed E-state index contributed by atoms with van der Waals surface area (Å²) in [5.41, 5.74) is -0.606. The Morgan fingerprint density at radius 1 is 1.22 bits per heavy atom. The Morgan fingerprint density at radius 3 is 2.48 bits per heavy atom. The maximum absolute atomic E-state index is 11.8. The number of esters is 1. The third-order valence-electron chi connectivity index (χ3n) is 2.42. The van der Waals surface area contributed by atoms with Crippen molar-refractivity contribution in [2.24, 2.45) is 0 Å². The van der Waals surface area contributed by atoms with Crippen molar-refractivity contribution >= 4 is 12.1 Å². The summed E-state index contributed by atoms with van der Waals surface area (Å²) in [4.78, 5) is 23.3. The molecule has 0 aromatic rings. The van der Waals surface area contributed by atoms with Gasteiger partial charge in [-0.15, -0.1) is 0 Å². The van der Waals surface area contributed by atoms with Crippen LogP contribution in [-0.2, 0) is 14.3 Å². The van der Waals surface area contributed by atoms with Crippen LogP contribution in [0, 0.1) is 11.8 Å². The Balaban J connectivity index is 4.42. The van der Waals surface area contributed by atoms with Crippen molar-refractivity contribution in [3.05, 3.63) is 12.2 Å². The Kier molecular flexibility index (Phi) is 10.6. The van der Waals surface area contributed by atoms with Gasteiger partial charge in [-0.05, 0) is 39.7 Å². The molecule has 0 aliphatic rings. The molecule has 0 heterocycles. The van der Waals surface area contributed by atoms with Crippen molar-refractivity contribution in [2.75, 3.05) is 6.54 Å². The van der Waals surface area contributed by atoms with Crippen LogP contribution in [0.2, 0.25) is 0 Å². The highest BCUT2D eigenvalue weighted by atomic mass is 16.6. The molecule has 23 heavy (non-hydrogen) atoms. The first-order valence-electron chi connectivity index (χ1n) is 8.09. The lowest BCUT2D eigenvalue weighted by Gasteiger charge is -2.19. The summed E-state index contributed by atoms with van der Waals surface area (Å²) in [5, 5.41) is 2.37. The summed E-state index contributed by atoms with van der Waals surface area (Å²) in [7, 11) is 0. The first-order chi connectivity index (χ1) is 10.8. The second-order valence-electron chi connectivity index (χ2n) is 6.05. The van der Waals surface area contributed by atoms with E-state index >= 15 is 0 Å². The lowest BCUT2D eigenvalue weighted by molar-refractivity contribution is -0.143. The number of carbonyl (C=O) groups excluding carboxylic acids is 2. The SMILES string of the molecule is CCCC#CC(/C=C/CCC)OC(=O)CNC(=O)OC(C)(C)C. The molecule has 0 aromatic carbocycles. The van der Waals surface area contributed by atoms with Crippen LogP contribution < -0.4 is 5.32 Å². The van der Waals surface area contributed by atoms with E-state index in [0.29, 0.717) is 0 Å². The fourth-order valence-electron chi connectivity index (χ4n) is 1.44. The van der Waals surface area contributed by atoms with Gasteiger partial charge < -0.3 is 14.8 Å².